The maximum Gasteiger partial charge on any atom is 0.225 e. The number of methoxy groups -OCH3 is 1. The Kier molecular flexibility index (Phi) is 3.98. The van der Waals surface area contributed by atoms with Gasteiger partial charge in [0.1, 0.15) is 18.0 Å². The molecule has 5 rings (SSSR count). The lowest BCUT2D eigenvalue weighted by molar-refractivity contribution is -0.0748. The van der Waals surface area contributed by atoms with Gasteiger partial charge in [-0.05, 0) is 30.4 Å². The third-order valence-corrected chi connectivity index (χ3v) is 6.41. The molecular weight excluding hydrogens is 378 g/mol. The summed E-state index contributed by atoms with van der Waals surface area (Å²) in [4.78, 5) is 11.8. The Morgan fingerprint density at radius 3 is 2.96 bits per heavy atom. The molecule has 2 N–H and O–H groups in total. The monoisotopic (exact) mass is 399 g/mol. The normalized spacial score (nSPS) is 21.3. The van der Waals surface area contributed by atoms with E-state index in [4.69, 9.17) is 15.2 Å². The Hall–Kier alpha value is -2.72. The minimum Gasteiger partial charge on any atom is -0.481 e. The van der Waals surface area contributed by atoms with Crippen LogP contribution in [0.3, 0.4) is 0 Å². The molecule has 2 aliphatic heterocycles. The minimum atomic E-state index is -0.303. The third kappa shape index (κ3) is 2.80. The number of fused-ring (bicyclic) bond motifs is 1. The number of nitrogens with zero attached hydrogens (tertiary/aromatic N) is 6. The van der Waals surface area contributed by atoms with Gasteiger partial charge in [0.25, 0.3) is 0 Å². The second-order valence-electron chi connectivity index (χ2n) is 7.23. The highest BCUT2D eigenvalue weighted by atomic mass is 32.1. The number of ether oxygens (including phenoxy) is 2. The summed E-state index contributed by atoms with van der Waals surface area (Å²) in [6, 6.07) is 3.92. The van der Waals surface area contributed by atoms with Crippen LogP contribution in [0.1, 0.15) is 17.8 Å². The van der Waals surface area contributed by atoms with Crippen molar-refractivity contribution in [1.82, 2.24) is 24.7 Å². The van der Waals surface area contributed by atoms with Crippen LogP contribution in [0.25, 0.3) is 10.7 Å². The van der Waals surface area contributed by atoms with Gasteiger partial charge in [0.05, 0.1) is 25.1 Å². The van der Waals surface area contributed by atoms with E-state index in [0.717, 1.165) is 37.0 Å². The number of nitrogens with two attached hydrogens (primary N) is 1. The highest BCUT2D eigenvalue weighted by molar-refractivity contribution is 7.13. The van der Waals surface area contributed by atoms with Gasteiger partial charge < -0.3 is 24.7 Å². The second kappa shape index (κ2) is 6.42. The first-order chi connectivity index (χ1) is 13.6. The highest BCUT2D eigenvalue weighted by Gasteiger charge is 2.44. The van der Waals surface area contributed by atoms with Gasteiger partial charge in [-0.2, -0.15) is 9.97 Å². The zero-order valence-corrected chi connectivity index (χ0v) is 16.6. The first kappa shape index (κ1) is 17.4. The van der Waals surface area contributed by atoms with Gasteiger partial charge in [0.15, 0.2) is 11.6 Å². The molecule has 2 aliphatic rings. The Morgan fingerprint density at radius 2 is 2.18 bits per heavy atom. The van der Waals surface area contributed by atoms with E-state index in [0.29, 0.717) is 19.0 Å². The van der Waals surface area contributed by atoms with Crippen molar-refractivity contribution in [1.29, 1.82) is 0 Å². The summed E-state index contributed by atoms with van der Waals surface area (Å²) in [5.41, 5.74) is 6.75. The number of nitrogen functional groups attached to an aromatic ring is 1. The lowest BCUT2D eigenvalue weighted by atomic mass is 10.0. The quantitative estimate of drug-likeness (QED) is 0.712. The summed E-state index contributed by atoms with van der Waals surface area (Å²) in [6.45, 7) is 4.82. The summed E-state index contributed by atoms with van der Waals surface area (Å²) >= 11 is 1.69. The molecule has 1 unspecified atom stereocenters. The second-order valence-corrected chi connectivity index (χ2v) is 8.14. The molecule has 9 nitrogen and oxygen atoms in total. The van der Waals surface area contributed by atoms with Crippen LogP contribution in [0.15, 0.2) is 17.5 Å². The van der Waals surface area contributed by atoms with Crippen LogP contribution >= 0.6 is 11.3 Å². The molecule has 10 heteroatoms. The molecule has 1 saturated heterocycles. The standard InChI is InChI=1S/C18H21N7O2S/c1-11-3-6-28-15(11)16-23-22-13-8-27-18(10-25(13)16)4-5-24(9-18)12-7-14(26-2)21-17(19)20-12/h3,6-7H,4-5,8-10H2,1-2H3,(H2,19,20,21). The Morgan fingerprint density at radius 1 is 1.29 bits per heavy atom. The summed E-state index contributed by atoms with van der Waals surface area (Å²) in [6.07, 6.45) is 0.889. The van der Waals surface area contributed by atoms with Crippen LogP contribution in [0.2, 0.25) is 0 Å². The van der Waals surface area contributed by atoms with Crippen molar-refractivity contribution >= 4 is 23.1 Å². The van der Waals surface area contributed by atoms with Gasteiger partial charge in [-0.15, -0.1) is 21.5 Å². The van der Waals surface area contributed by atoms with Gasteiger partial charge in [-0.3, -0.25) is 0 Å². The molecule has 1 fully saturated rings. The summed E-state index contributed by atoms with van der Waals surface area (Å²) in [5, 5.41) is 10.9. The van der Waals surface area contributed by atoms with Crippen molar-refractivity contribution < 1.29 is 9.47 Å². The molecule has 5 heterocycles. The van der Waals surface area contributed by atoms with E-state index < -0.39 is 0 Å². The smallest absolute Gasteiger partial charge is 0.225 e. The van der Waals surface area contributed by atoms with Crippen LogP contribution in [-0.2, 0) is 17.9 Å². The number of aromatic nitrogens is 5. The van der Waals surface area contributed by atoms with Crippen molar-refractivity contribution in [3.8, 4) is 16.6 Å². The molecule has 0 saturated carbocycles. The van der Waals surface area contributed by atoms with Crippen LogP contribution in [0, 0.1) is 6.92 Å². The SMILES string of the molecule is COc1cc(N2CCC3(C2)Cn2c(nnc2-c2sccc2C)CO3)nc(N)n1. The molecule has 3 aromatic rings. The third-order valence-electron chi connectivity index (χ3n) is 5.40. The Bertz CT molecular complexity index is 1030. The zero-order chi connectivity index (χ0) is 19.3. The van der Waals surface area contributed by atoms with E-state index in [9.17, 15) is 0 Å². The molecule has 146 valence electrons. The van der Waals surface area contributed by atoms with Gasteiger partial charge in [-0.25, -0.2) is 0 Å². The molecule has 0 aromatic carbocycles. The topological polar surface area (TPSA) is 104 Å². The summed E-state index contributed by atoms with van der Waals surface area (Å²) in [5.74, 6) is 3.23. The Labute approximate surface area is 166 Å². The number of thiophene rings is 1. The van der Waals surface area contributed by atoms with Gasteiger partial charge in [0.2, 0.25) is 11.8 Å². The minimum absolute atomic E-state index is 0.205. The van der Waals surface area contributed by atoms with E-state index >= 15 is 0 Å². The molecule has 1 spiro atoms. The van der Waals surface area contributed by atoms with Crippen LogP contribution in [0.4, 0.5) is 11.8 Å². The predicted octanol–water partition coefficient (Wildman–Crippen LogP) is 1.88. The van der Waals surface area contributed by atoms with E-state index in [2.05, 4.69) is 48.0 Å². The van der Waals surface area contributed by atoms with Crippen molar-refractivity contribution in [2.24, 2.45) is 0 Å². The molecule has 1 atom stereocenters. The van der Waals surface area contributed by atoms with Crippen LogP contribution < -0.4 is 15.4 Å². The molecule has 3 aromatic heterocycles. The number of rotatable bonds is 3. The molecule has 0 aliphatic carbocycles. The van der Waals surface area contributed by atoms with E-state index in [1.54, 1.807) is 18.4 Å². The van der Waals surface area contributed by atoms with Crippen molar-refractivity contribution in [2.75, 3.05) is 30.8 Å². The lowest BCUT2D eigenvalue weighted by Crippen LogP contribution is -2.44. The number of hydrogen-bond acceptors (Lipinski definition) is 9. The fourth-order valence-electron chi connectivity index (χ4n) is 3.91. The largest absolute Gasteiger partial charge is 0.481 e. The predicted molar refractivity (Wildman–Crippen MR) is 105 cm³/mol. The summed E-state index contributed by atoms with van der Waals surface area (Å²) < 4.78 is 13.7. The van der Waals surface area contributed by atoms with Crippen molar-refractivity contribution in [3.63, 3.8) is 0 Å². The molecular formula is C18H21N7O2S. The van der Waals surface area contributed by atoms with Crippen LogP contribution in [-0.4, -0.2) is 50.5 Å². The van der Waals surface area contributed by atoms with Crippen LogP contribution in [0.5, 0.6) is 5.88 Å². The first-order valence-electron chi connectivity index (χ1n) is 9.11. The fraction of sp³-hybridized carbons (Fsp3) is 0.444. The maximum atomic E-state index is 6.28. The molecule has 28 heavy (non-hydrogen) atoms. The lowest BCUT2D eigenvalue weighted by Gasteiger charge is -2.34. The van der Waals surface area contributed by atoms with E-state index in [1.165, 1.54) is 10.4 Å². The molecule has 0 bridgehead atoms. The first-order valence-corrected chi connectivity index (χ1v) is 9.99. The average molecular weight is 399 g/mol. The maximum absolute atomic E-state index is 6.28. The Balaban J connectivity index is 1.43. The van der Waals surface area contributed by atoms with Gasteiger partial charge in [-0.1, -0.05) is 0 Å². The summed E-state index contributed by atoms with van der Waals surface area (Å²) in [7, 11) is 1.57. The van der Waals surface area contributed by atoms with Gasteiger partial charge in [0, 0.05) is 12.6 Å². The number of hydrogen-bond donors (Lipinski definition) is 1. The zero-order valence-electron chi connectivity index (χ0n) is 15.8. The molecule has 0 radical (unpaired) electrons. The van der Waals surface area contributed by atoms with E-state index in [-0.39, 0.29) is 11.5 Å². The number of anilines is 2. The van der Waals surface area contributed by atoms with Gasteiger partial charge >= 0.3 is 0 Å². The highest BCUT2D eigenvalue weighted by Crippen LogP contribution is 2.37. The molecule has 0 amide bonds. The van der Waals surface area contributed by atoms with Crippen molar-refractivity contribution in [2.45, 2.75) is 32.1 Å². The van der Waals surface area contributed by atoms with Crippen molar-refractivity contribution in [3.05, 3.63) is 28.9 Å². The number of aryl methyl sites for hydroxylation is 1. The average Bonchev–Trinajstić information content (AvgIpc) is 3.40. The van der Waals surface area contributed by atoms with E-state index in [1.807, 2.05) is 6.07 Å². The fourth-order valence-corrected chi connectivity index (χ4v) is 4.83.